The second-order valence-corrected chi connectivity index (χ2v) is 4.17. The monoisotopic (exact) mass is 296 g/mol. The Bertz CT molecular complexity index is 567. The van der Waals surface area contributed by atoms with Crippen LogP contribution in [-0.4, -0.2) is 21.2 Å². The van der Waals surface area contributed by atoms with E-state index in [0.29, 0.717) is 21.5 Å². The van der Waals surface area contributed by atoms with Crippen molar-refractivity contribution >= 4 is 33.3 Å². The Balaban J connectivity index is 2.20. The van der Waals surface area contributed by atoms with E-state index in [0.717, 1.165) is 0 Å². The Morgan fingerprint density at radius 1 is 1.53 bits per heavy atom. The first-order valence-corrected chi connectivity index (χ1v) is 5.46. The normalized spacial score (nSPS) is 10.2. The zero-order valence-corrected chi connectivity index (χ0v) is 10.2. The highest BCUT2D eigenvalue weighted by Crippen LogP contribution is 2.24. The molecule has 1 heterocycles. The van der Waals surface area contributed by atoms with E-state index in [-0.39, 0.29) is 11.7 Å². The molecule has 5 N–H and O–H groups in total. The number of hydrogen-bond acceptors (Lipinski definition) is 4. The summed E-state index contributed by atoms with van der Waals surface area (Å²) in [6.07, 6.45) is 1.40. The van der Waals surface area contributed by atoms with Crippen LogP contribution < -0.4 is 11.1 Å². The van der Waals surface area contributed by atoms with Crippen molar-refractivity contribution in [2.75, 3.05) is 11.1 Å². The molecule has 0 atom stereocenters. The van der Waals surface area contributed by atoms with Crippen LogP contribution in [0.2, 0.25) is 0 Å². The molecule has 0 fully saturated rings. The van der Waals surface area contributed by atoms with Gasteiger partial charge in [0.2, 0.25) is 0 Å². The van der Waals surface area contributed by atoms with Crippen LogP contribution in [0, 0.1) is 0 Å². The topological polar surface area (TPSA) is 104 Å². The number of carbonyl (C=O) groups is 1. The van der Waals surface area contributed by atoms with Gasteiger partial charge in [-0.15, -0.1) is 0 Å². The molecule has 1 aromatic heterocycles. The average Bonchev–Trinajstić information content (AvgIpc) is 2.68. The molecule has 0 aliphatic rings. The molecule has 2 aromatic rings. The van der Waals surface area contributed by atoms with Crippen molar-refractivity contribution in [1.82, 2.24) is 10.2 Å². The highest BCUT2D eigenvalue weighted by atomic mass is 79.9. The zero-order valence-electron chi connectivity index (χ0n) is 8.57. The van der Waals surface area contributed by atoms with E-state index < -0.39 is 0 Å². The molecule has 0 radical (unpaired) electrons. The summed E-state index contributed by atoms with van der Waals surface area (Å²) < 4.78 is 0.523. The largest absolute Gasteiger partial charge is 0.507 e. The smallest absolute Gasteiger partial charge is 0.256 e. The van der Waals surface area contributed by atoms with Gasteiger partial charge in [0.25, 0.3) is 5.91 Å². The van der Waals surface area contributed by atoms with E-state index in [4.69, 9.17) is 5.73 Å². The first kappa shape index (κ1) is 11.5. The first-order valence-electron chi connectivity index (χ1n) is 4.66. The van der Waals surface area contributed by atoms with E-state index in [1.807, 2.05) is 0 Å². The number of anilines is 2. The first-order chi connectivity index (χ1) is 8.08. The van der Waals surface area contributed by atoms with E-state index in [2.05, 4.69) is 31.4 Å². The third kappa shape index (κ3) is 2.39. The van der Waals surface area contributed by atoms with E-state index in [1.165, 1.54) is 12.3 Å². The number of halogens is 1. The standard InChI is InChI=1S/C10H9BrN4O2/c11-6-2-1-5(3-8(6)16)10(17)14-9-7(12)4-13-15-9/h1-4,16H,12H2,(H2,13,14,15,17). The molecule has 17 heavy (non-hydrogen) atoms. The quantitative estimate of drug-likeness (QED) is 0.677. The summed E-state index contributed by atoms with van der Waals surface area (Å²) in [7, 11) is 0. The van der Waals surface area contributed by atoms with Crippen molar-refractivity contribution in [2.45, 2.75) is 0 Å². The van der Waals surface area contributed by atoms with Crippen molar-refractivity contribution in [3.8, 4) is 5.75 Å². The lowest BCUT2D eigenvalue weighted by molar-refractivity contribution is 0.102. The maximum Gasteiger partial charge on any atom is 0.256 e. The van der Waals surface area contributed by atoms with Gasteiger partial charge in [-0.1, -0.05) is 0 Å². The number of phenolic OH excluding ortho intramolecular Hbond substituents is 1. The second kappa shape index (κ2) is 4.46. The zero-order chi connectivity index (χ0) is 12.4. The predicted octanol–water partition coefficient (Wildman–Crippen LogP) is 1.71. The van der Waals surface area contributed by atoms with Gasteiger partial charge in [-0.3, -0.25) is 9.89 Å². The van der Waals surface area contributed by atoms with Crippen molar-refractivity contribution < 1.29 is 9.90 Å². The molecule has 0 aliphatic carbocycles. The molecule has 0 saturated carbocycles. The van der Waals surface area contributed by atoms with Gasteiger partial charge in [0, 0.05) is 5.56 Å². The van der Waals surface area contributed by atoms with Crippen molar-refractivity contribution in [3.63, 3.8) is 0 Å². The lowest BCUT2D eigenvalue weighted by Gasteiger charge is -2.04. The van der Waals surface area contributed by atoms with Gasteiger partial charge in [0.1, 0.15) is 5.75 Å². The minimum absolute atomic E-state index is 0.00441. The lowest BCUT2D eigenvalue weighted by Crippen LogP contribution is -2.13. The highest BCUT2D eigenvalue weighted by Gasteiger charge is 2.10. The summed E-state index contributed by atoms with van der Waals surface area (Å²) in [5, 5.41) is 18.2. The molecule has 0 aliphatic heterocycles. The van der Waals surface area contributed by atoms with Crippen molar-refractivity contribution in [3.05, 3.63) is 34.4 Å². The molecule has 7 heteroatoms. The molecule has 0 bridgehead atoms. The summed E-state index contributed by atoms with van der Waals surface area (Å²) in [5.41, 5.74) is 6.22. The average molecular weight is 297 g/mol. The Kier molecular flexibility index (Phi) is 3.01. The summed E-state index contributed by atoms with van der Waals surface area (Å²) in [6.45, 7) is 0. The van der Waals surface area contributed by atoms with Gasteiger partial charge in [0.05, 0.1) is 16.4 Å². The van der Waals surface area contributed by atoms with Crippen LogP contribution in [0.5, 0.6) is 5.75 Å². The molecule has 88 valence electrons. The number of aromatic amines is 1. The van der Waals surface area contributed by atoms with Crippen LogP contribution >= 0.6 is 15.9 Å². The second-order valence-electron chi connectivity index (χ2n) is 3.32. The Hall–Kier alpha value is -2.02. The fourth-order valence-corrected chi connectivity index (χ4v) is 1.48. The molecular weight excluding hydrogens is 288 g/mol. The van der Waals surface area contributed by atoms with Crippen molar-refractivity contribution in [1.29, 1.82) is 0 Å². The maximum absolute atomic E-state index is 11.8. The van der Waals surface area contributed by atoms with Crippen LogP contribution in [0.1, 0.15) is 10.4 Å². The molecule has 6 nitrogen and oxygen atoms in total. The Morgan fingerprint density at radius 3 is 2.88 bits per heavy atom. The Morgan fingerprint density at radius 2 is 2.29 bits per heavy atom. The van der Waals surface area contributed by atoms with Gasteiger partial charge in [-0.2, -0.15) is 5.10 Å². The number of benzene rings is 1. The molecule has 0 spiro atoms. The van der Waals surface area contributed by atoms with Crippen LogP contribution in [0.4, 0.5) is 11.5 Å². The van der Waals surface area contributed by atoms with Gasteiger partial charge in [0.15, 0.2) is 5.82 Å². The summed E-state index contributed by atoms with van der Waals surface area (Å²) in [4.78, 5) is 11.8. The number of aromatic nitrogens is 2. The third-order valence-electron chi connectivity index (χ3n) is 2.12. The summed E-state index contributed by atoms with van der Waals surface area (Å²) in [6, 6.07) is 4.51. The number of phenols is 1. The molecule has 0 saturated heterocycles. The van der Waals surface area contributed by atoms with Crippen LogP contribution in [0.3, 0.4) is 0 Å². The third-order valence-corrected chi connectivity index (χ3v) is 2.79. The number of aromatic hydroxyl groups is 1. The molecule has 2 rings (SSSR count). The van der Waals surface area contributed by atoms with Gasteiger partial charge >= 0.3 is 0 Å². The van der Waals surface area contributed by atoms with Crippen LogP contribution in [-0.2, 0) is 0 Å². The fraction of sp³-hybridized carbons (Fsp3) is 0. The number of nitrogens with zero attached hydrogens (tertiary/aromatic N) is 1. The van der Waals surface area contributed by atoms with Gasteiger partial charge in [-0.05, 0) is 34.1 Å². The van der Waals surface area contributed by atoms with Crippen LogP contribution in [0.25, 0.3) is 0 Å². The predicted molar refractivity (Wildman–Crippen MR) is 66.8 cm³/mol. The van der Waals surface area contributed by atoms with Crippen LogP contribution in [0.15, 0.2) is 28.9 Å². The fourth-order valence-electron chi connectivity index (χ4n) is 1.24. The van der Waals surface area contributed by atoms with E-state index >= 15 is 0 Å². The number of rotatable bonds is 2. The lowest BCUT2D eigenvalue weighted by atomic mass is 10.2. The number of hydrogen-bond donors (Lipinski definition) is 4. The highest BCUT2D eigenvalue weighted by molar-refractivity contribution is 9.10. The maximum atomic E-state index is 11.8. The SMILES string of the molecule is Nc1cn[nH]c1NC(=O)c1ccc(Br)c(O)c1. The molecular formula is C10H9BrN4O2. The van der Waals surface area contributed by atoms with E-state index in [9.17, 15) is 9.90 Å². The number of carbonyl (C=O) groups excluding carboxylic acids is 1. The molecule has 0 unspecified atom stereocenters. The molecule has 1 amide bonds. The van der Waals surface area contributed by atoms with E-state index in [1.54, 1.807) is 12.1 Å². The molecule has 1 aromatic carbocycles. The summed E-state index contributed by atoms with van der Waals surface area (Å²) >= 11 is 3.13. The summed E-state index contributed by atoms with van der Waals surface area (Å²) in [5.74, 6) is -0.0589. The van der Waals surface area contributed by atoms with Crippen molar-refractivity contribution in [2.24, 2.45) is 0 Å². The number of nitrogens with one attached hydrogen (secondary N) is 2. The number of nitrogens with two attached hydrogens (primary N) is 1. The minimum atomic E-state index is -0.385. The Labute approximate surface area is 105 Å². The number of amides is 1. The van der Waals surface area contributed by atoms with Gasteiger partial charge in [-0.25, -0.2) is 0 Å². The number of nitrogen functional groups attached to an aromatic ring is 1. The van der Waals surface area contributed by atoms with Gasteiger partial charge < -0.3 is 16.2 Å². The minimum Gasteiger partial charge on any atom is -0.507 e. The number of H-pyrrole nitrogens is 1.